The van der Waals surface area contributed by atoms with Gasteiger partial charge in [-0.25, -0.2) is 0 Å². The quantitative estimate of drug-likeness (QED) is 0.526. The maximum atomic E-state index is 4.26. The summed E-state index contributed by atoms with van der Waals surface area (Å²) in [5.74, 6) is 0. The van der Waals surface area contributed by atoms with E-state index in [0.29, 0.717) is 0 Å². The van der Waals surface area contributed by atoms with Crippen molar-refractivity contribution in [2.24, 2.45) is 0 Å². The first kappa shape index (κ1) is 17.2. The monoisotopic (exact) mass is 340 g/mol. The molecular formula is C24H24Si. The summed E-state index contributed by atoms with van der Waals surface area (Å²) >= 11 is 0. The molecule has 0 saturated heterocycles. The predicted octanol–water partition coefficient (Wildman–Crippen LogP) is 5.08. The molecule has 0 aliphatic rings. The molecule has 0 radical (unpaired) electrons. The van der Waals surface area contributed by atoms with Crippen molar-refractivity contribution >= 4 is 24.5 Å². The van der Waals surface area contributed by atoms with Crippen LogP contribution in [-0.2, 0) is 0 Å². The lowest BCUT2D eigenvalue weighted by Gasteiger charge is -2.29. The van der Waals surface area contributed by atoms with Gasteiger partial charge in [0.1, 0.15) is 8.07 Å². The van der Waals surface area contributed by atoms with Crippen molar-refractivity contribution < 1.29 is 0 Å². The highest BCUT2D eigenvalue weighted by Crippen LogP contribution is 2.16. The fourth-order valence-electron chi connectivity index (χ4n) is 3.36. The van der Waals surface area contributed by atoms with Gasteiger partial charge in [-0.1, -0.05) is 109 Å². The molecule has 3 aromatic rings. The number of rotatable bonds is 7. The molecule has 1 heteroatoms. The van der Waals surface area contributed by atoms with Crippen LogP contribution < -0.4 is 10.4 Å². The van der Waals surface area contributed by atoms with Crippen LogP contribution in [0.25, 0.3) is 6.08 Å². The molecule has 0 heterocycles. The fraction of sp³-hybridized carbons (Fsp3) is 0.0833. The predicted molar refractivity (Wildman–Crippen MR) is 113 cm³/mol. The molecule has 0 aromatic heterocycles. The third kappa shape index (κ3) is 4.07. The van der Waals surface area contributed by atoms with E-state index in [-0.39, 0.29) is 0 Å². The summed E-state index contributed by atoms with van der Waals surface area (Å²) < 4.78 is 0. The normalized spacial score (nSPS) is 11.5. The maximum absolute atomic E-state index is 4.26. The highest BCUT2D eigenvalue weighted by atomic mass is 28.3. The molecule has 0 saturated carbocycles. The van der Waals surface area contributed by atoms with Crippen molar-refractivity contribution in [2.45, 2.75) is 12.5 Å². The standard InChI is InChI=1S/C24H24Si/c1-2-25(23-17-8-4-9-18-23,24-19-10-5-11-20-24)21-13-12-16-22-14-6-3-7-15-22/h2-12,14-20H,1,13,21H2/b16-12+. The maximum Gasteiger partial charge on any atom is 0.141 e. The summed E-state index contributed by atoms with van der Waals surface area (Å²) in [6.07, 6.45) is 5.57. The van der Waals surface area contributed by atoms with Crippen LogP contribution in [0.1, 0.15) is 12.0 Å². The van der Waals surface area contributed by atoms with Crippen molar-refractivity contribution in [1.29, 1.82) is 0 Å². The van der Waals surface area contributed by atoms with E-state index in [9.17, 15) is 0 Å². The summed E-state index contributed by atoms with van der Waals surface area (Å²) in [4.78, 5) is 0. The van der Waals surface area contributed by atoms with E-state index in [1.165, 1.54) is 15.9 Å². The molecule has 0 N–H and O–H groups in total. The van der Waals surface area contributed by atoms with Gasteiger partial charge >= 0.3 is 0 Å². The summed E-state index contributed by atoms with van der Waals surface area (Å²) in [5, 5.41) is 2.87. The summed E-state index contributed by atoms with van der Waals surface area (Å²) in [6.45, 7) is 4.26. The zero-order valence-electron chi connectivity index (χ0n) is 14.5. The minimum absolute atomic E-state index is 1.05. The third-order valence-electron chi connectivity index (χ3n) is 4.74. The van der Waals surface area contributed by atoms with Gasteiger partial charge in [0.15, 0.2) is 0 Å². The van der Waals surface area contributed by atoms with Crippen LogP contribution in [0.3, 0.4) is 0 Å². The molecule has 0 unspecified atom stereocenters. The lowest BCUT2D eigenvalue weighted by molar-refractivity contribution is 1.19. The molecule has 0 nitrogen and oxygen atoms in total. The van der Waals surface area contributed by atoms with Crippen LogP contribution in [0.15, 0.2) is 109 Å². The van der Waals surface area contributed by atoms with Crippen molar-refractivity contribution in [3.8, 4) is 0 Å². The van der Waals surface area contributed by atoms with Crippen LogP contribution in [0.4, 0.5) is 0 Å². The molecule has 0 atom stereocenters. The van der Waals surface area contributed by atoms with Crippen molar-refractivity contribution in [2.75, 3.05) is 0 Å². The van der Waals surface area contributed by atoms with Gasteiger partial charge in [-0.05, 0) is 28.4 Å². The molecule has 3 aromatic carbocycles. The minimum Gasteiger partial charge on any atom is -0.106 e. The molecule has 0 bridgehead atoms. The number of benzene rings is 3. The van der Waals surface area contributed by atoms with Crippen molar-refractivity contribution in [3.63, 3.8) is 0 Å². The second-order valence-corrected chi connectivity index (χ2v) is 10.3. The average molecular weight is 341 g/mol. The zero-order chi connectivity index (χ0) is 17.4. The second-order valence-electron chi connectivity index (χ2n) is 6.26. The Balaban J connectivity index is 1.87. The molecule has 124 valence electrons. The Morgan fingerprint density at radius 3 is 1.64 bits per heavy atom. The Hall–Kier alpha value is -2.64. The van der Waals surface area contributed by atoms with Gasteiger partial charge in [0.2, 0.25) is 0 Å². The van der Waals surface area contributed by atoms with Gasteiger partial charge in [0.05, 0.1) is 0 Å². The average Bonchev–Trinajstić information content (AvgIpc) is 2.71. The summed E-state index contributed by atoms with van der Waals surface area (Å²) in [6, 6.07) is 33.4. The lowest BCUT2D eigenvalue weighted by Crippen LogP contribution is -2.56. The Morgan fingerprint density at radius 1 is 0.680 bits per heavy atom. The van der Waals surface area contributed by atoms with E-state index in [1.807, 2.05) is 0 Å². The number of allylic oxidation sites excluding steroid dienone is 1. The Labute approximate surface area is 152 Å². The van der Waals surface area contributed by atoms with E-state index >= 15 is 0 Å². The van der Waals surface area contributed by atoms with E-state index in [4.69, 9.17) is 0 Å². The molecule has 3 rings (SSSR count). The van der Waals surface area contributed by atoms with Gasteiger partial charge in [0.25, 0.3) is 0 Å². The van der Waals surface area contributed by atoms with Crippen molar-refractivity contribution in [3.05, 3.63) is 115 Å². The molecule has 25 heavy (non-hydrogen) atoms. The zero-order valence-corrected chi connectivity index (χ0v) is 15.5. The Bertz CT molecular complexity index is 765. The summed E-state index contributed by atoms with van der Waals surface area (Å²) in [5.41, 5.74) is 3.50. The first-order chi connectivity index (χ1) is 12.3. The molecule has 0 amide bonds. The van der Waals surface area contributed by atoms with Gasteiger partial charge in [-0.2, -0.15) is 0 Å². The highest BCUT2D eigenvalue weighted by Gasteiger charge is 2.32. The lowest BCUT2D eigenvalue weighted by atomic mass is 10.2. The molecular weight excluding hydrogens is 316 g/mol. The van der Waals surface area contributed by atoms with E-state index in [2.05, 4.69) is 115 Å². The van der Waals surface area contributed by atoms with Gasteiger partial charge < -0.3 is 0 Å². The minimum atomic E-state index is -1.95. The van der Waals surface area contributed by atoms with Crippen LogP contribution in [0.5, 0.6) is 0 Å². The topological polar surface area (TPSA) is 0 Å². The van der Waals surface area contributed by atoms with E-state index in [1.54, 1.807) is 0 Å². The van der Waals surface area contributed by atoms with Crippen LogP contribution in [0.2, 0.25) is 6.04 Å². The summed E-state index contributed by atoms with van der Waals surface area (Å²) in [7, 11) is -1.95. The van der Waals surface area contributed by atoms with Crippen LogP contribution >= 0.6 is 0 Å². The molecule has 0 spiro atoms. The Morgan fingerprint density at radius 2 is 1.16 bits per heavy atom. The first-order valence-corrected chi connectivity index (χ1v) is 11.1. The highest BCUT2D eigenvalue weighted by molar-refractivity contribution is 7.05. The molecule has 0 fully saturated rings. The van der Waals surface area contributed by atoms with Crippen LogP contribution in [0, 0.1) is 0 Å². The Kier molecular flexibility index (Phi) is 5.81. The molecule has 0 aliphatic heterocycles. The van der Waals surface area contributed by atoms with Gasteiger partial charge in [0, 0.05) is 0 Å². The van der Waals surface area contributed by atoms with E-state index in [0.717, 1.165) is 12.5 Å². The fourth-order valence-corrected chi connectivity index (χ4v) is 7.14. The SMILES string of the molecule is C=C[Si](CC/C=C/c1ccccc1)(c1ccccc1)c1ccccc1. The number of hydrogen-bond donors (Lipinski definition) is 0. The third-order valence-corrected chi connectivity index (χ3v) is 9.24. The largest absolute Gasteiger partial charge is 0.141 e. The first-order valence-electron chi connectivity index (χ1n) is 8.81. The number of hydrogen-bond acceptors (Lipinski definition) is 0. The second kappa shape index (κ2) is 8.45. The van der Waals surface area contributed by atoms with E-state index < -0.39 is 8.07 Å². The van der Waals surface area contributed by atoms with Crippen molar-refractivity contribution in [1.82, 2.24) is 0 Å². The van der Waals surface area contributed by atoms with Crippen LogP contribution in [-0.4, -0.2) is 8.07 Å². The van der Waals surface area contributed by atoms with Gasteiger partial charge in [-0.3, -0.25) is 0 Å². The molecule has 0 aliphatic carbocycles. The van der Waals surface area contributed by atoms with Gasteiger partial charge in [-0.15, -0.1) is 6.58 Å². The smallest absolute Gasteiger partial charge is 0.106 e.